The van der Waals surface area contributed by atoms with E-state index in [1.807, 2.05) is 30.6 Å². The molecule has 160 valence electrons. The number of rotatable bonds is 7. The Balaban J connectivity index is 1.57. The summed E-state index contributed by atoms with van der Waals surface area (Å²) >= 11 is 0. The number of carbonyl (C=O) groups is 1. The number of hydrogen-bond donors (Lipinski definition) is 1. The van der Waals surface area contributed by atoms with Crippen molar-refractivity contribution in [2.45, 2.75) is 32.1 Å². The van der Waals surface area contributed by atoms with Crippen LogP contribution in [0.3, 0.4) is 0 Å². The van der Waals surface area contributed by atoms with Crippen LogP contribution < -0.4 is 5.73 Å². The van der Waals surface area contributed by atoms with E-state index in [4.69, 9.17) is 5.73 Å². The van der Waals surface area contributed by atoms with Gasteiger partial charge in [-0.3, -0.25) is 4.79 Å². The van der Waals surface area contributed by atoms with Crippen LogP contribution in [0.1, 0.15) is 36.8 Å². The Morgan fingerprint density at radius 2 is 1.81 bits per heavy atom. The van der Waals surface area contributed by atoms with E-state index in [1.165, 1.54) is 11.9 Å². The first-order valence-corrected chi connectivity index (χ1v) is 11.0. The van der Waals surface area contributed by atoms with Gasteiger partial charge in [0.1, 0.15) is 6.33 Å². The number of aromatic nitrogens is 2. The third-order valence-corrected chi connectivity index (χ3v) is 6.50. The quantitative estimate of drug-likeness (QED) is 0.633. The number of benzene rings is 2. The zero-order chi connectivity index (χ0) is 21.7. The van der Waals surface area contributed by atoms with E-state index in [9.17, 15) is 4.79 Å². The van der Waals surface area contributed by atoms with Crippen LogP contribution in [-0.4, -0.2) is 40.4 Å². The van der Waals surface area contributed by atoms with Gasteiger partial charge in [-0.1, -0.05) is 61.5 Å². The third kappa shape index (κ3) is 4.83. The van der Waals surface area contributed by atoms with E-state index in [2.05, 4.69) is 58.2 Å². The predicted octanol–water partition coefficient (Wildman–Crippen LogP) is 4.06. The van der Waals surface area contributed by atoms with Crippen molar-refractivity contribution < 1.29 is 4.79 Å². The number of nitrogens with two attached hydrogens (primary N) is 1. The zero-order valence-electron chi connectivity index (χ0n) is 18.1. The molecule has 2 heterocycles. The Labute approximate surface area is 184 Å². The molecule has 2 aromatic carbocycles. The van der Waals surface area contributed by atoms with E-state index in [0.29, 0.717) is 18.9 Å². The lowest BCUT2D eigenvalue weighted by Gasteiger charge is -2.42. The molecule has 2 N–H and O–H groups in total. The number of nitrogens with zero attached hydrogens (tertiary/aromatic N) is 3. The second-order valence-electron chi connectivity index (χ2n) is 8.76. The van der Waals surface area contributed by atoms with Gasteiger partial charge in [-0.2, -0.15) is 0 Å². The summed E-state index contributed by atoms with van der Waals surface area (Å²) in [6.45, 7) is 4.87. The molecule has 31 heavy (non-hydrogen) atoms. The molecule has 1 fully saturated rings. The van der Waals surface area contributed by atoms with Crippen molar-refractivity contribution in [2.75, 3.05) is 19.6 Å². The van der Waals surface area contributed by atoms with E-state index >= 15 is 0 Å². The molecule has 1 aliphatic heterocycles. The molecule has 1 aromatic heterocycles. The van der Waals surface area contributed by atoms with E-state index in [-0.39, 0.29) is 5.91 Å². The largest absolute Gasteiger partial charge is 0.369 e. The summed E-state index contributed by atoms with van der Waals surface area (Å²) in [5, 5.41) is 0. The van der Waals surface area contributed by atoms with Crippen molar-refractivity contribution in [3.63, 3.8) is 0 Å². The fourth-order valence-corrected chi connectivity index (χ4v) is 4.85. The summed E-state index contributed by atoms with van der Waals surface area (Å²) < 4.78 is 0. The standard InChI is InChI=1S/C26H30N4O/c1-20(21-8-3-2-4-9-21)17-30-13-7-12-26(18-30,25(27)31)14-22-10-5-6-11-24(22)23-15-28-19-29-16-23/h2-6,8-11,15-16,19-20H,7,12-14,17-18H2,1H3,(H2,27,31)/t20-,26-/m0/s1. The molecule has 5 heteroatoms. The molecule has 5 nitrogen and oxygen atoms in total. The Kier molecular flexibility index (Phi) is 6.42. The predicted molar refractivity (Wildman–Crippen MR) is 123 cm³/mol. The van der Waals surface area contributed by atoms with Crippen molar-refractivity contribution in [2.24, 2.45) is 11.1 Å². The molecule has 1 aliphatic rings. The second-order valence-corrected chi connectivity index (χ2v) is 8.76. The number of likely N-dealkylation sites (tertiary alicyclic amines) is 1. The second kappa shape index (κ2) is 9.40. The number of amides is 1. The van der Waals surface area contributed by atoms with Crippen LogP contribution in [0.5, 0.6) is 0 Å². The summed E-state index contributed by atoms with van der Waals surface area (Å²) in [5.41, 5.74) is 9.96. The Hall–Kier alpha value is -3.05. The minimum Gasteiger partial charge on any atom is -0.369 e. The van der Waals surface area contributed by atoms with Gasteiger partial charge in [0, 0.05) is 31.0 Å². The van der Waals surface area contributed by atoms with Gasteiger partial charge >= 0.3 is 0 Å². The highest BCUT2D eigenvalue weighted by molar-refractivity contribution is 5.82. The van der Waals surface area contributed by atoms with Gasteiger partial charge in [0.25, 0.3) is 0 Å². The molecule has 2 atom stereocenters. The zero-order valence-corrected chi connectivity index (χ0v) is 18.1. The molecule has 0 unspecified atom stereocenters. The summed E-state index contributed by atoms with van der Waals surface area (Å²) in [5.74, 6) is 0.197. The first kappa shape index (κ1) is 21.2. The van der Waals surface area contributed by atoms with E-state index < -0.39 is 5.41 Å². The maximum atomic E-state index is 12.8. The fourth-order valence-electron chi connectivity index (χ4n) is 4.85. The number of carbonyl (C=O) groups excluding carboxylic acids is 1. The summed E-state index contributed by atoms with van der Waals surface area (Å²) in [4.78, 5) is 23.5. The van der Waals surface area contributed by atoms with Gasteiger partial charge in [-0.15, -0.1) is 0 Å². The third-order valence-electron chi connectivity index (χ3n) is 6.50. The summed E-state index contributed by atoms with van der Waals surface area (Å²) in [6, 6.07) is 18.8. The topological polar surface area (TPSA) is 72.1 Å². The number of primary amides is 1. The normalized spacial score (nSPS) is 20.3. The first-order chi connectivity index (χ1) is 15.1. The highest BCUT2D eigenvalue weighted by atomic mass is 16.1. The molecule has 0 aliphatic carbocycles. The van der Waals surface area contributed by atoms with Crippen LogP contribution in [0, 0.1) is 5.41 Å². The lowest BCUT2D eigenvalue weighted by Crippen LogP contribution is -2.52. The molecular weight excluding hydrogens is 384 g/mol. The van der Waals surface area contributed by atoms with Gasteiger partial charge in [0.05, 0.1) is 5.41 Å². The smallest absolute Gasteiger partial charge is 0.225 e. The van der Waals surface area contributed by atoms with E-state index in [1.54, 1.807) is 0 Å². The van der Waals surface area contributed by atoms with Crippen molar-refractivity contribution in [3.8, 4) is 11.1 Å². The van der Waals surface area contributed by atoms with Gasteiger partial charge in [-0.25, -0.2) is 9.97 Å². The molecule has 3 aromatic rings. The first-order valence-electron chi connectivity index (χ1n) is 11.0. The van der Waals surface area contributed by atoms with Crippen LogP contribution in [0.15, 0.2) is 73.3 Å². The van der Waals surface area contributed by atoms with Crippen LogP contribution in [0.2, 0.25) is 0 Å². The molecule has 1 amide bonds. The highest BCUT2D eigenvalue weighted by Gasteiger charge is 2.41. The molecule has 0 spiro atoms. The molecule has 1 saturated heterocycles. The Morgan fingerprint density at radius 3 is 2.55 bits per heavy atom. The molecular formula is C26H30N4O. The summed E-state index contributed by atoms with van der Waals surface area (Å²) in [7, 11) is 0. The highest BCUT2D eigenvalue weighted by Crippen LogP contribution is 2.37. The Morgan fingerprint density at radius 1 is 1.10 bits per heavy atom. The van der Waals surface area contributed by atoms with E-state index in [0.717, 1.165) is 42.6 Å². The summed E-state index contributed by atoms with van der Waals surface area (Å²) in [6.07, 6.45) is 7.59. The van der Waals surface area contributed by atoms with Crippen molar-refractivity contribution >= 4 is 5.91 Å². The average molecular weight is 415 g/mol. The van der Waals surface area contributed by atoms with Gasteiger partial charge in [0.2, 0.25) is 5.91 Å². The molecule has 0 radical (unpaired) electrons. The lowest BCUT2D eigenvalue weighted by atomic mass is 9.73. The lowest BCUT2D eigenvalue weighted by molar-refractivity contribution is -0.131. The molecule has 0 saturated carbocycles. The van der Waals surface area contributed by atoms with Crippen LogP contribution >= 0.6 is 0 Å². The SMILES string of the molecule is C[C@@H](CN1CCC[C@@](Cc2ccccc2-c2cncnc2)(C(N)=O)C1)c1ccccc1. The number of piperidine rings is 1. The fraction of sp³-hybridized carbons (Fsp3) is 0.346. The molecule has 4 rings (SSSR count). The van der Waals surface area contributed by atoms with Crippen LogP contribution in [0.4, 0.5) is 0 Å². The Bertz CT molecular complexity index is 1010. The van der Waals surface area contributed by atoms with Gasteiger partial charge in [0.15, 0.2) is 0 Å². The monoisotopic (exact) mass is 414 g/mol. The number of hydrogen-bond acceptors (Lipinski definition) is 4. The van der Waals surface area contributed by atoms with Crippen LogP contribution in [-0.2, 0) is 11.2 Å². The molecule has 0 bridgehead atoms. The van der Waals surface area contributed by atoms with Crippen LogP contribution in [0.25, 0.3) is 11.1 Å². The van der Waals surface area contributed by atoms with Crippen molar-refractivity contribution in [3.05, 3.63) is 84.4 Å². The van der Waals surface area contributed by atoms with Crippen molar-refractivity contribution in [1.82, 2.24) is 14.9 Å². The van der Waals surface area contributed by atoms with Crippen molar-refractivity contribution in [1.29, 1.82) is 0 Å². The minimum absolute atomic E-state index is 0.205. The van der Waals surface area contributed by atoms with Gasteiger partial charge in [-0.05, 0) is 48.4 Å². The average Bonchev–Trinajstić information content (AvgIpc) is 2.81. The maximum Gasteiger partial charge on any atom is 0.225 e. The van der Waals surface area contributed by atoms with Gasteiger partial charge < -0.3 is 10.6 Å². The maximum absolute atomic E-state index is 12.8. The minimum atomic E-state index is -0.569.